The molecule has 0 fully saturated rings. The van der Waals surface area contributed by atoms with Gasteiger partial charge in [0.25, 0.3) is 0 Å². The Hall–Kier alpha value is -0.120. The Morgan fingerprint density at radius 1 is 1.13 bits per heavy atom. The molecule has 0 aliphatic heterocycles. The standard InChI is InChI=1S/C12H27NO2/c1-4-7-9-15-10-8-13-12(5-2,6-3)11-14/h13-14H,4-11H2,1-3H3. The van der Waals surface area contributed by atoms with Crippen LogP contribution in [0, 0.1) is 0 Å². The first-order valence-electron chi connectivity index (χ1n) is 6.18. The summed E-state index contributed by atoms with van der Waals surface area (Å²) in [5.74, 6) is 0. The molecule has 0 aliphatic carbocycles. The van der Waals surface area contributed by atoms with Crippen LogP contribution in [0.4, 0.5) is 0 Å². The third-order valence-corrected chi connectivity index (χ3v) is 3.04. The third kappa shape index (κ3) is 6.13. The zero-order chi connectivity index (χ0) is 11.6. The van der Waals surface area contributed by atoms with E-state index in [0.29, 0.717) is 0 Å². The van der Waals surface area contributed by atoms with Crippen LogP contribution >= 0.6 is 0 Å². The second kappa shape index (κ2) is 9.13. The zero-order valence-corrected chi connectivity index (χ0v) is 10.5. The summed E-state index contributed by atoms with van der Waals surface area (Å²) in [7, 11) is 0. The summed E-state index contributed by atoms with van der Waals surface area (Å²) in [6.45, 7) is 8.98. The molecule has 3 heteroatoms. The maximum absolute atomic E-state index is 9.31. The van der Waals surface area contributed by atoms with Gasteiger partial charge in [0, 0.05) is 18.7 Å². The average molecular weight is 217 g/mol. The van der Waals surface area contributed by atoms with Crippen LogP contribution in [0.2, 0.25) is 0 Å². The van der Waals surface area contributed by atoms with E-state index in [0.717, 1.165) is 39.0 Å². The summed E-state index contributed by atoms with van der Waals surface area (Å²) in [4.78, 5) is 0. The summed E-state index contributed by atoms with van der Waals surface area (Å²) in [6.07, 6.45) is 4.22. The topological polar surface area (TPSA) is 41.5 Å². The van der Waals surface area contributed by atoms with Crippen molar-refractivity contribution in [2.45, 2.75) is 52.0 Å². The Kier molecular flexibility index (Phi) is 9.06. The molecule has 15 heavy (non-hydrogen) atoms. The highest BCUT2D eigenvalue weighted by molar-refractivity contribution is 4.84. The summed E-state index contributed by atoms with van der Waals surface area (Å²) >= 11 is 0. The van der Waals surface area contributed by atoms with E-state index in [1.54, 1.807) is 0 Å². The SMILES string of the molecule is CCCCOCCNC(CC)(CC)CO. The second-order valence-electron chi connectivity index (χ2n) is 4.04. The van der Waals surface area contributed by atoms with Crippen LogP contribution in [0.25, 0.3) is 0 Å². The smallest absolute Gasteiger partial charge is 0.0613 e. The fraction of sp³-hybridized carbons (Fsp3) is 1.00. The summed E-state index contributed by atoms with van der Waals surface area (Å²) in [6, 6.07) is 0. The van der Waals surface area contributed by atoms with E-state index in [4.69, 9.17) is 4.74 Å². The van der Waals surface area contributed by atoms with E-state index < -0.39 is 0 Å². The van der Waals surface area contributed by atoms with Crippen LogP contribution in [0.3, 0.4) is 0 Å². The predicted octanol–water partition coefficient (Wildman–Crippen LogP) is 1.94. The highest BCUT2D eigenvalue weighted by Gasteiger charge is 2.23. The molecule has 0 heterocycles. The molecule has 0 amide bonds. The molecule has 0 bridgehead atoms. The monoisotopic (exact) mass is 217 g/mol. The Balaban J connectivity index is 3.54. The molecule has 0 aromatic carbocycles. The molecule has 0 unspecified atom stereocenters. The van der Waals surface area contributed by atoms with Gasteiger partial charge in [0.2, 0.25) is 0 Å². The van der Waals surface area contributed by atoms with Crippen molar-refractivity contribution in [1.82, 2.24) is 5.32 Å². The number of rotatable bonds is 10. The first-order valence-corrected chi connectivity index (χ1v) is 6.18. The van der Waals surface area contributed by atoms with Crippen molar-refractivity contribution in [3.8, 4) is 0 Å². The van der Waals surface area contributed by atoms with Gasteiger partial charge in [-0.3, -0.25) is 0 Å². The maximum atomic E-state index is 9.31. The van der Waals surface area contributed by atoms with E-state index in [9.17, 15) is 5.11 Å². The van der Waals surface area contributed by atoms with Crippen LogP contribution in [0.15, 0.2) is 0 Å². The van der Waals surface area contributed by atoms with Crippen molar-refractivity contribution in [1.29, 1.82) is 0 Å². The molecule has 0 spiro atoms. The van der Waals surface area contributed by atoms with Crippen LogP contribution < -0.4 is 5.32 Å². The molecule has 0 aromatic heterocycles. The first-order chi connectivity index (χ1) is 7.24. The predicted molar refractivity (Wildman–Crippen MR) is 64.1 cm³/mol. The van der Waals surface area contributed by atoms with E-state index in [2.05, 4.69) is 26.1 Å². The molecule has 0 saturated carbocycles. The van der Waals surface area contributed by atoms with E-state index >= 15 is 0 Å². The van der Waals surface area contributed by atoms with Gasteiger partial charge in [0.05, 0.1) is 13.2 Å². The van der Waals surface area contributed by atoms with Crippen LogP contribution in [0.1, 0.15) is 46.5 Å². The van der Waals surface area contributed by atoms with Crippen molar-refractivity contribution >= 4 is 0 Å². The van der Waals surface area contributed by atoms with Crippen LogP contribution in [0.5, 0.6) is 0 Å². The van der Waals surface area contributed by atoms with Gasteiger partial charge < -0.3 is 15.2 Å². The molecule has 0 rings (SSSR count). The minimum Gasteiger partial charge on any atom is -0.394 e. The largest absolute Gasteiger partial charge is 0.394 e. The van der Waals surface area contributed by atoms with Gasteiger partial charge in [-0.2, -0.15) is 0 Å². The minimum absolute atomic E-state index is 0.103. The van der Waals surface area contributed by atoms with Crippen molar-refractivity contribution in [3.05, 3.63) is 0 Å². The van der Waals surface area contributed by atoms with Crippen molar-refractivity contribution < 1.29 is 9.84 Å². The number of nitrogens with one attached hydrogen (secondary N) is 1. The lowest BCUT2D eigenvalue weighted by atomic mass is 9.94. The molecule has 0 saturated heterocycles. The number of hydrogen-bond donors (Lipinski definition) is 2. The van der Waals surface area contributed by atoms with Gasteiger partial charge in [-0.15, -0.1) is 0 Å². The van der Waals surface area contributed by atoms with Gasteiger partial charge in [0.1, 0.15) is 0 Å². The quantitative estimate of drug-likeness (QED) is 0.550. The number of unbranched alkanes of at least 4 members (excludes halogenated alkanes) is 1. The number of hydrogen-bond acceptors (Lipinski definition) is 3. The van der Waals surface area contributed by atoms with Gasteiger partial charge in [0.15, 0.2) is 0 Å². The Morgan fingerprint density at radius 3 is 2.27 bits per heavy atom. The van der Waals surface area contributed by atoms with Gasteiger partial charge in [-0.25, -0.2) is 0 Å². The van der Waals surface area contributed by atoms with Gasteiger partial charge >= 0.3 is 0 Å². The Labute approximate surface area is 94.2 Å². The van der Waals surface area contributed by atoms with Crippen LogP contribution in [-0.4, -0.2) is 37.0 Å². The second-order valence-corrected chi connectivity index (χ2v) is 4.04. The molecule has 0 aromatic rings. The zero-order valence-electron chi connectivity index (χ0n) is 10.5. The van der Waals surface area contributed by atoms with Crippen molar-refractivity contribution in [2.24, 2.45) is 0 Å². The minimum atomic E-state index is -0.103. The molecule has 0 atom stereocenters. The fourth-order valence-electron chi connectivity index (χ4n) is 1.52. The lowest BCUT2D eigenvalue weighted by Crippen LogP contribution is -2.48. The molecule has 0 aliphatic rings. The van der Waals surface area contributed by atoms with E-state index in [1.807, 2.05) is 0 Å². The molecule has 0 radical (unpaired) electrons. The van der Waals surface area contributed by atoms with E-state index in [1.165, 1.54) is 6.42 Å². The highest BCUT2D eigenvalue weighted by Crippen LogP contribution is 2.13. The van der Waals surface area contributed by atoms with Crippen LogP contribution in [-0.2, 0) is 4.74 Å². The third-order valence-electron chi connectivity index (χ3n) is 3.04. The normalized spacial score (nSPS) is 12.0. The molecule has 92 valence electrons. The first kappa shape index (κ1) is 14.9. The summed E-state index contributed by atoms with van der Waals surface area (Å²) in [5, 5.41) is 12.7. The summed E-state index contributed by atoms with van der Waals surface area (Å²) < 4.78 is 5.46. The lowest BCUT2D eigenvalue weighted by molar-refractivity contribution is 0.106. The van der Waals surface area contributed by atoms with Crippen molar-refractivity contribution in [3.63, 3.8) is 0 Å². The average Bonchev–Trinajstić information content (AvgIpc) is 2.29. The Morgan fingerprint density at radius 2 is 1.80 bits per heavy atom. The molecule has 3 nitrogen and oxygen atoms in total. The molecular formula is C12H27NO2. The molecule has 2 N–H and O–H groups in total. The number of aliphatic hydroxyl groups is 1. The maximum Gasteiger partial charge on any atom is 0.0613 e. The molecular weight excluding hydrogens is 190 g/mol. The highest BCUT2D eigenvalue weighted by atomic mass is 16.5. The van der Waals surface area contributed by atoms with Crippen molar-refractivity contribution in [2.75, 3.05) is 26.4 Å². The fourth-order valence-corrected chi connectivity index (χ4v) is 1.52. The van der Waals surface area contributed by atoms with Gasteiger partial charge in [-0.1, -0.05) is 27.2 Å². The van der Waals surface area contributed by atoms with Gasteiger partial charge in [-0.05, 0) is 19.3 Å². The number of ether oxygens (including phenoxy) is 1. The van der Waals surface area contributed by atoms with E-state index in [-0.39, 0.29) is 12.1 Å². The number of aliphatic hydroxyl groups excluding tert-OH is 1. The summed E-state index contributed by atoms with van der Waals surface area (Å²) in [5.41, 5.74) is -0.103. The Bertz CT molecular complexity index is 127. The lowest BCUT2D eigenvalue weighted by Gasteiger charge is -2.30.